The Morgan fingerprint density at radius 2 is 2.25 bits per heavy atom. The minimum absolute atomic E-state index is 0.237. The van der Waals surface area contributed by atoms with E-state index in [1.54, 1.807) is 0 Å². The van der Waals surface area contributed by atoms with Crippen LogP contribution in [0.25, 0.3) is 0 Å². The molecule has 0 amide bonds. The highest BCUT2D eigenvalue weighted by molar-refractivity contribution is 7.12. The lowest BCUT2D eigenvalue weighted by molar-refractivity contribution is -0.137. The van der Waals surface area contributed by atoms with Gasteiger partial charge in [-0.3, -0.25) is 4.79 Å². The van der Waals surface area contributed by atoms with Crippen LogP contribution in [-0.2, 0) is 4.79 Å². The molecule has 0 saturated carbocycles. The summed E-state index contributed by atoms with van der Waals surface area (Å²) in [5, 5.41) is 11.9. The van der Waals surface area contributed by atoms with Gasteiger partial charge in [-0.2, -0.15) is 0 Å². The zero-order chi connectivity index (χ0) is 12.1. The highest BCUT2D eigenvalue weighted by Crippen LogP contribution is 2.25. The number of aryl methyl sites for hydroxylation is 2. The molecule has 0 saturated heterocycles. The Balaban J connectivity index is 2.38. The van der Waals surface area contributed by atoms with Crippen molar-refractivity contribution in [2.24, 2.45) is 0 Å². The molecular weight excluding hydrogens is 222 g/mol. The quantitative estimate of drug-likeness (QED) is 0.753. The van der Waals surface area contributed by atoms with Gasteiger partial charge in [-0.15, -0.1) is 11.3 Å². The summed E-state index contributed by atoms with van der Waals surface area (Å²) in [6.07, 6.45) is 0.920. The summed E-state index contributed by atoms with van der Waals surface area (Å²) in [5.74, 6) is -0.725. The van der Waals surface area contributed by atoms with Crippen molar-refractivity contribution >= 4 is 17.3 Å². The van der Waals surface area contributed by atoms with Crippen molar-refractivity contribution in [3.63, 3.8) is 0 Å². The number of hydrogen-bond donors (Lipinski definition) is 2. The molecule has 0 fully saturated rings. The first kappa shape index (κ1) is 13.2. The van der Waals surface area contributed by atoms with Gasteiger partial charge in [-0.05, 0) is 45.4 Å². The first-order valence-electron chi connectivity index (χ1n) is 5.53. The summed E-state index contributed by atoms with van der Waals surface area (Å²) in [6.45, 7) is 7.11. The third-order valence-corrected chi connectivity index (χ3v) is 3.55. The van der Waals surface area contributed by atoms with Crippen molar-refractivity contribution in [1.29, 1.82) is 0 Å². The number of carboxylic acids is 1. The lowest BCUT2D eigenvalue weighted by Gasteiger charge is -2.13. The summed E-state index contributed by atoms with van der Waals surface area (Å²) >= 11 is 1.81. The second-order valence-electron chi connectivity index (χ2n) is 4.04. The number of nitrogens with one attached hydrogen (secondary N) is 1. The molecule has 0 aromatic carbocycles. The van der Waals surface area contributed by atoms with E-state index in [9.17, 15) is 4.79 Å². The number of hydrogen-bond acceptors (Lipinski definition) is 3. The van der Waals surface area contributed by atoms with E-state index in [4.69, 9.17) is 5.11 Å². The van der Waals surface area contributed by atoms with E-state index < -0.39 is 5.97 Å². The summed E-state index contributed by atoms with van der Waals surface area (Å²) in [6, 6.07) is 2.51. The van der Waals surface area contributed by atoms with Gasteiger partial charge >= 0.3 is 5.97 Å². The lowest BCUT2D eigenvalue weighted by Crippen LogP contribution is -2.20. The van der Waals surface area contributed by atoms with Crippen LogP contribution in [0.3, 0.4) is 0 Å². The zero-order valence-corrected chi connectivity index (χ0v) is 10.9. The second kappa shape index (κ2) is 6.01. The Bertz CT molecular complexity index is 360. The summed E-state index contributed by atoms with van der Waals surface area (Å²) in [5.41, 5.74) is 1.33. The van der Waals surface area contributed by atoms with Crippen molar-refractivity contribution in [3.8, 4) is 0 Å². The van der Waals surface area contributed by atoms with Crippen LogP contribution in [0.15, 0.2) is 6.07 Å². The second-order valence-corrected chi connectivity index (χ2v) is 5.50. The largest absolute Gasteiger partial charge is 0.481 e. The number of thiophene rings is 1. The smallest absolute Gasteiger partial charge is 0.303 e. The Morgan fingerprint density at radius 3 is 2.75 bits per heavy atom. The number of carbonyl (C=O) groups is 1. The molecule has 1 atom stereocenters. The highest BCUT2D eigenvalue weighted by atomic mass is 32.1. The molecule has 0 spiro atoms. The third kappa shape index (κ3) is 3.94. The van der Waals surface area contributed by atoms with Crippen molar-refractivity contribution in [2.75, 3.05) is 6.54 Å². The van der Waals surface area contributed by atoms with E-state index >= 15 is 0 Å². The number of carboxylic acid groups (broad SMARTS) is 1. The van der Waals surface area contributed by atoms with Crippen LogP contribution >= 0.6 is 11.3 Å². The molecule has 3 nitrogen and oxygen atoms in total. The van der Waals surface area contributed by atoms with Crippen molar-refractivity contribution in [2.45, 2.75) is 39.7 Å². The van der Waals surface area contributed by atoms with Gasteiger partial charge < -0.3 is 10.4 Å². The predicted molar refractivity (Wildman–Crippen MR) is 67.1 cm³/mol. The van der Waals surface area contributed by atoms with Crippen LogP contribution in [0.4, 0.5) is 0 Å². The average Bonchev–Trinajstić information content (AvgIpc) is 2.52. The van der Waals surface area contributed by atoms with Gasteiger partial charge in [0.2, 0.25) is 0 Å². The maximum absolute atomic E-state index is 10.3. The molecule has 0 aliphatic rings. The Hall–Kier alpha value is -0.870. The molecule has 0 radical (unpaired) electrons. The predicted octanol–water partition coefficient (Wildman–Crippen LogP) is 2.88. The van der Waals surface area contributed by atoms with Gasteiger partial charge in [0, 0.05) is 22.2 Å². The third-order valence-electron chi connectivity index (χ3n) is 2.56. The molecule has 1 rings (SSSR count). The maximum Gasteiger partial charge on any atom is 0.303 e. The molecule has 0 aliphatic carbocycles. The SMILES string of the molecule is Cc1cc(C(C)NCCCC(=O)O)c(C)s1. The van der Waals surface area contributed by atoms with Crippen LogP contribution in [0.5, 0.6) is 0 Å². The molecule has 1 aromatic heterocycles. The Labute approximate surface area is 100 Å². The molecule has 0 aliphatic heterocycles. The summed E-state index contributed by atoms with van der Waals surface area (Å²) in [7, 11) is 0. The average molecular weight is 241 g/mol. The van der Waals surface area contributed by atoms with Crippen LogP contribution in [-0.4, -0.2) is 17.6 Å². The Kier molecular flexibility index (Phi) is 4.96. The molecule has 90 valence electrons. The van der Waals surface area contributed by atoms with E-state index in [0.717, 1.165) is 6.54 Å². The van der Waals surface area contributed by atoms with E-state index in [-0.39, 0.29) is 6.42 Å². The molecule has 16 heavy (non-hydrogen) atoms. The standard InChI is InChI=1S/C12H19NO2S/c1-8-7-11(10(3)16-8)9(2)13-6-4-5-12(14)15/h7,9,13H,4-6H2,1-3H3,(H,14,15). The fourth-order valence-corrected chi connectivity index (χ4v) is 2.77. The van der Waals surface area contributed by atoms with Crippen molar-refractivity contribution in [3.05, 3.63) is 21.4 Å². The maximum atomic E-state index is 10.3. The monoisotopic (exact) mass is 241 g/mol. The fourth-order valence-electron chi connectivity index (χ4n) is 1.75. The van der Waals surface area contributed by atoms with Crippen LogP contribution in [0, 0.1) is 13.8 Å². The molecule has 1 aromatic rings. The van der Waals surface area contributed by atoms with Crippen LogP contribution in [0.1, 0.15) is 41.1 Å². The normalized spacial score (nSPS) is 12.7. The molecule has 1 unspecified atom stereocenters. The molecule has 2 N–H and O–H groups in total. The number of aliphatic carboxylic acids is 1. The first-order valence-corrected chi connectivity index (χ1v) is 6.34. The van der Waals surface area contributed by atoms with Crippen molar-refractivity contribution in [1.82, 2.24) is 5.32 Å². The molecular formula is C12H19NO2S. The van der Waals surface area contributed by atoms with Gasteiger partial charge in [-0.25, -0.2) is 0 Å². The lowest BCUT2D eigenvalue weighted by atomic mass is 10.1. The van der Waals surface area contributed by atoms with Gasteiger partial charge in [0.1, 0.15) is 0 Å². The zero-order valence-electron chi connectivity index (χ0n) is 10.0. The molecule has 1 heterocycles. The summed E-state index contributed by atoms with van der Waals surface area (Å²) < 4.78 is 0. The van der Waals surface area contributed by atoms with Crippen molar-refractivity contribution < 1.29 is 9.90 Å². The molecule has 0 bridgehead atoms. The van der Waals surface area contributed by atoms with E-state index in [1.807, 2.05) is 11.3 Å². The van der Waals surface area contributed by atoms with Crippen LogP contribution in [0.2, 0.25) is 0 Å². The topological polar surface area (TPSA) is 49.3 Å². The van der Waals surface area contributed by atoms with E-state index in [1.165, 1.54) is 15.3 Å². The minimum Gasteiger partial charge on any atom is -0.481 e. The van der Waals surface area contributed by atoms with Gasteiger partial charge in [0.05, 0.1) is 0 Å². The summed E-state index contributed by atoms with van der Waals surface area (Å²) in [4.78, 5) is 13.0. The Morgan fingerprint density at radius 1 is 1.56 bits per heavy atom. The van der Waals surface area contributed by atoms with Gasteiger partial charge in [-0.1, -0.05) is 0 Å². The number of rotatable bonds is 6. The van der Waals surface area contributed by atoms with Crippen LogP contribution < -0.4 is 5.32 Å². The van der Waals surface area contributed by atoms with E-state index in [0.29, 0.717) is 12.5 Å². The van der Waals surface area contributed by atoms with Gasteiger partial charge in [0.25, 0.3) is 0 Å². The van der Waals surface area contributed by atoms with Gasteiger partial charge in [0.15, 0.2) is 0 Å². The highest BCUT2D eigenvalue weighted by Gasteiger charge is 2.10. The molecule has 4 heteroatoms. The fraction of sp³-hybridized carbons (Fsp3) is 0.583. The van der Waals surface area contributed by atoms with E-state index in [2.05, 4.69) is 32.2 Å². The minimum atomic E-state index is -0.725. The first-order chi connectivity index (χ1) is 7.50.